The average molecular weight is 454 g/mol. The van der Waals surface area contributed by atoms with Gasteiger partial charge in [-0.25, -0.2) is 0 Å². The monoisotopic (exact) mass is 453 g/mol. The van der Waals surface area contributed by atoms with Crippen LogP contribution in [0.1, 0.15) is 35.7 Å². The van der Waals surface area contributed by atoms with Crippen LogP contribution in [-0.4, -0.2) is 69.6 Å². The summed E-state index contributed by atoms with van der Waals surface area (Å²) in [6.07, 6.45) is 1.34. The zero-order chi connectivity index (χ0) is 24.0. The van der Waals surface area contributed by atoms with E-state index in [1.807, 2.05) is 30.8 Å². The lowest BCUT2D eigenvalue weighted by molar-refractivity contribution is -0.137. The van der Waals surface area contributed by atoms with Gasteiger partial charge in [-0.3, -0.25) is 9.59 Å². The molecule has 3 rings (SSSR count). The molecule has 0 unspecified atom stereocenters. The molecule has 2 amide bonds. The Labute approximate surface area is 196 Å². The van der Waals surface area contributed by atoms with Gasteiger partial charge in [0.05, 0.1) is 14.2 Å². The van der Waals surface area contributed by atoms with Crippen molar-refractivity contribution in [3.05, 3.63) is 53.6 Å². The zero-order valence-electron chi connectivity index (χ0n) is 20.3. The summed E-state index contributed by atoms with van der Waals surface area (Å²) in [7, 11) is 7.16. The van der Waals surface area contributed by atoms with Gasteiger partial charge in [0.25, 0.3) is 5.91 Å². The van der Waals surface area contributed by atoms with Crippen LogP contribution in [0.25, 0.3) is 0 Å². The first-order valence-electron chi connectivity index (χ1n) is 11.4. The summed E-state index contributed by atoms with van der Waals surface area (Å²) in [5.74, 6) is 1.21. The molecule has 178 valence electrons. The number of anilines is 1. The molecule has 7 heteroatoms. The van der Waals surface area contributed by atoms with E-state index in [-0.39, 0.29) is 17.7 Å². The second-order valence-electron chi connectivity index (χ2n) is 8.58. The van der Waals surface area contributed by atoms with Crippen LogP contribution >= 0.6 is 0 Å². The van der Waals surface area contributed by atoms with Crippen LogP contribution in [0, 0.1) is 5.92 Å². The summed E-state index contributed by atoms with van der Waals surface area (Å²) < 4.78 is 10.6. The van der Waals surface area contributed by atoms with Gasteiger partial charge in [-0.05, 0) is 49.6 Å². The lowest BCUT2D eigenvalue weighted by Gasteiger charge is -2.34. The van der Waals surface area contributed by atoms with E-state index < -0.39 is 0 Å². The number of carbonyl (C=O) groups is 2. The number of rotatable bonds is 8. The van der Waals surface area contributed by atoms with Crippen molar-refractivity contribution >= 4 is 17.5 Å². The minimum absolute atomic E-state index is 0.0603. The highest BCUT2D eigenvalue weighted by Gasteiger charge is 2.30. The summed E-state index contributed by atoms with van der Waals surface area (Å²) >= 11 is 0. The van der Waals surface area contributed by atoms with E-state index in [0.717, 1.165) is 11.3 Å². The number of piperidine rings is 1. The van der Waals surface area contributed by atoms with Crippen molar-refractivity contribution in [1.82, 2.24) is 9.80 Å². The summed E-state index contributed by atoms with van der Waals surface area (Å²) in [6.45, 7) is 4.40. The second-order valence-corrected chi connectivity index (χ2v) is 8.58. The van der Waals surface area contributed by atoms with E-state index in [1.54, 1.807) is 32.4 Å². The molecule has 0 N–H and O–H groups in total. The maximum absolute atomic E-state index is 13.2. The van der Waals surface area contributed by atoms with Crippen LogP contribution in [0.15, 0.2) is 42.5 Å². The molecule has 0 atom stereocenters. The van der Waals surface area contributed by atoms with Crippen LogP contribution in [0.3, 0.4) is 0 Å². The fourth-order valence-electron chi connectivity index (χ4n) is 4.17. The van der Waals surface area contributed by atoms with Gasteiger partial charge >= 0.3 is 0 Å². The predicted molar refractivity (Wildman–Crippen MR) is 130 cm³/mol. The highest BCUT2D eigenvalue weighted by Crippen LogP contribution is 2.26. The molecule has 7 nitrogen and oxygen atoms in total. The lowest BCUT2D eigenvalue weighted by atomic mass is 9.94. The third-order valence-electron chi connectivity index (χ3n) is 6.25. The molecule has 1 aliphatic heterocycles. The van der Waals surface area contributed by atoms with E-state index in [1.165, 1.54) is 0 Å². The van der Waals surface area contributed by atoms with Crippen LogP contribution in [0.5, 0.6) is 11.5 Å². The van der Waals surface area contributed by atoms with E-state index in [9.17, 15) is 9.59 Å². The lowest BCUT2D eigenvalue weighted by Crippen LogP contribution is -2.44. The van der Waals surface area contributed by atoms with Crippen LogP contribution in [-0.2, 0) is 11.3 Å². The third-order valence-corrected chi connectivity index (χ3v) is 6.25. The highest BCUT2D eigenvalue weighted by atomic mass is 16.5. The highest BCUT2D eigenvalue weighted by molar-refractivity contribution is 5.95. The Kier molecular flexibility index (Phi) is 8.20. The van der Waals surface area contributed by atoms with Crippen molar-refractivity contribution in [1.29, 1.82) is 0 Å². The molecule has 2 aromatic rings. The Hall–Kier alpha value is -3.22. The SMILES string of the molecule is CCN(Cc1ccc(N(C)C)cc1)C(=O)C1CCN(C(=O)c2cc(OC)cc(OC)c2)CC1. The van der Waals surface area contributed by atoms with Crippen LogP contribution in [0.4, 0.5) is 5.69 Å². The molecule has 0 saturated carbocycles. The van der Waals surface area contributed by atoms with Crippen molar-refractivity contribution < 1.29 is 19.1 Å². The second kappa shape index (κ2) is 11.1. The summed E-state index contributed by atoms with van der Waals surface area (Å²) in [5.41, 5.74) is 2.79. The molecule has 0 radical (unpaired) electrons. The molecule has 0 aromatic heterocycles. The fourth-order valence-corrected chi connectivity index (χ4v) is 4.17. The average Bonchev–Trinajstić information content (AvgIpc) is 2.86. The van der Waals surface area contributed by atoms with Gasteiger partial charge in [0.15, 0.2) is 0 Å². The summed E-state index contributed by atoms with van der Waals surface area (Å²) in [5, 5.41) is 0. The van der Waals surface area contributed by atoms with Crippen molar-refractivity contribution in [2.24, 2.45) is 5.92 Å². The molecular weight excluding hydrogens is 418 g/mol. The minimum Gasteiger partial charge on any atom is -0.497 e. The first kappa shape index (κ1) is 24.4. The zero-order valence-corrected chi connectivity index (χ0v) is 20.3. The van der Waals surface area contributed by atoms with Crippen molar-refractivity contribution in [2.45, 2.75) is 26.3 Å². The smallest absolute Gasteiger partial charge is 0.254 e. The molecule has 0 aliphatic carbocycles. The first-order valence-corrected chi connectivity index (χ1v) is 11.4. The van der Waals surface area contributed by atoms with Gasteiger partial charge < -0.3 is 24.2 Å². The molecule has 33 heavy (non-hydrogen) atoms. The predicted octanol–water partition coefficient (Wildman–Crippen LogP) is 3.67. The summed E-state index contributed by atoms with van der Waals surface area (Å²) in [4.78, 5) is 32.0. The number of carbonyl (C=O) groups excluding carboxylic acids is 2. The number of hydrogen-bond acceptors (Lipinski definition) is 5. The van der Waals surface area contributed by atoms with Gasteiger partial charge in [-0.15, -0.1) is 0 Å². The van der Waals surface area contributed by atoms with Crippen molar-refractivity contribution in [2.75, 3.05) is 52.8 Å². The largest absolute Gasteiger partial charge is 0.497 e. The van der Waals surface area contributed by atoms with Crippen LogP contribution in [0.2, 0.25) is 0 Å². The maximum Gasteiger partial charge on any atom is 0.254 e. The van der Waals surface area contributed by atoms with Gasteiger partial charge in [-0.1, -0.05) is 12.1 Å². The van der Waals surface area contributed by atoms with Crippen molar-refractivity contribution in [3.63, 3.8) is 0 Å². The molecule has 0 spiro atoms. The topological polar surface area (TPSA) is 62.3 Å². The Balaban J connectivity index is 1.60. The van der Waals surface area contributed by atoms with E-state index in [2.05, 4.69) is 29.2 Å². The van der Waals surface area contributed by atoms with E-state index in [0.29, 0.717) is 56.1 Å². The molecule has 1 heterocycles. The number of benzene rings is 2. The Morgan fingerprint density at radius 3 is 2.03 bits per heavy atom. The summed E-state index contributed by atoms with van der Waals surface area (Å²) in [6, 6.07) is 13.5. The Bertz CT molecular complexity index is 928. The third kappa shape index (κ3) is 5.97. The number of likely N-dealkylation sites (tertiary alicyclic amines) is 1. The quantitative estimate of drug-likeness (QED) is 0.610. The van der Waals surface area contributed by atoms with Gasteiger partial charge in [-0.2, -0.15) is 0 Å². The molecular formula is C26H35N3O4. The molecule has 1 saturated heterocycles. The number of hydrogen-bond donors (Lipinski definition) is 0. The molecule has 1 aliphatic rings. The molecule has 0 bridgehead atoms. The fraction of sp³-hybridized carbons (Fsp3) is 0.462. The van der Waals surface area contributed by atoms with Crippen molar-refractivity contribution in [3.8, 4) is 11.5 Å². The van der Waals surface area contributed by atoms with Gasteiger partial charge in [0.1, 0.15) is 11.5 Å². The number of amides is 2. The van der Waals surface area contributed by atoms with Crippen LogP contribution < -0.4 is 14.4 Å². The number of methoxy groups -OCH3 is 2. The molecule has 2 aromatic carbocycles. The normalized spacial score (nSPS) is 14.0. The van der Waals surface area contributed by atoms with E-state index >= 15 is 0 Å². The molecule has 1 fully saturated rings. The Morgan fingerprint density at radius 2 is 1.55 bits per heavy atom. The number of ether oxygens (including phenoxy) is 2. The first-order chi connectivity index (χ1) is 15.9. The standard InChI is InChI=1S/C26H35N3O4/c1-6-28(18-19-7-9-22(10-8-19)27(2)3)25(30)20-11-13-29(14-12-20)26(31)21-15-23(32-4)17-24(16-21)33-5/h7-10,15-17,20H,6,11-14,18H2,1-5H3. The minimum atomic E-state index is -0.0635. The maximum atomic E-state index is 13.2. The number of nitrogens with zero attached hydrogens (tertiary/aromatic N) is 3. The van der Waals surface area contributed by atoms with Gasteiger partial charge in [0.2, 0.25) is 5.91 Å². The van der Waals surface area contributed by atoms with Gasteiger partial charge in [0, 0.05) is 63.5 Å². The van der Waals surface area contributed by atoms with E-state index in [4.69, 9.17) is 9.47 Å². The Morgan fingerprint density at radius 1 is 0.970 bits per heavy atom.